The quantitative estimate of drug-likeness (QED) is 0.136. The van der Waals surface area contributed by atoms with E-state index in [-0.39, 0.29) is 22.0 Å². The van der Waals surface area contributed by atoms with Crippen LogP contribution >= 0.6 is 58.0 Å². The smallest absolute Gasteiger partial charge is 0.300 e. The summed E-state index contributed by atoms with van der Waals surface area (Å²) in [6.45, 7) is 0. The maximum atomic E-state index is 13.4. The standard InChI is InChI=1S/C27H17Cl5N6O/c28-17-13-11-16(12-14-17)18-6-1-4-10-22(18)38-26(34-21-9-3-2-8-20(21)29)35-25(31)37-27(38,32)36-24(39)19-7-5-15-33-23(19)30/h1-15H,(H,36,39)(H,34,35,37). The Morgan fingerprint density at radius 1 is 0.846 bits per heavy atom. The average Bonchev–Trinajstić information content (AvgIpc) is 2.90. The van der Waals surface area contributed by atoms with Crippen molar-refractivity contribution in [3.63, 3.8) is 0 Å². The fourth-order valence-electron chi connectivity index (χ4n) is 3.91. The van der Waals surface area contributed by atoms with E-state index in [2.05, 4.69) is 25.6 Å². The third-order valence-corrected chi connectivity index (χ3v) is 7.04. The molecule has 5 rings (SSSR count). The second-order valence-corrected chi connectivity index (χ2v) is 10.2. The van der Waals surface area contributed by atoms with E-state index in [1.54, 1.807) is 42.5 Å². The summed E-state index contributed by atoms with van der Waals surface area (Å²) in [5.74, 6) is -0.485. The number of amides is 1. The van der Waals surface area contributed by atoms with Crippen LogP contribution in [0.5, 0.6) is 0 Å². The molecule has 1 amide bonds. The number of aliphatic imine (C=N–C) groups is 2. The molecule has 2 heterocycles. The predicted octanol–water partition coefficient (Wildman–Crippen LogP) is 7.87. The molecule has 0 bridgehead atoms. The Morgan fingerprint density at radius 3 is 2.31 bits per heavy atom. The van der Waals surface area contributed by atoms with Crippen molar-refractivity contribution in [2.24, 2.45) is 9.98 Å². The molecule has 0 radical (unpaired) electrons. The number of guanidine groups is 1. The van der Waals surface area contributed by atoms with Gasteiger partial charge in [0.15, 0.2) is 0 Å². The maximum absolute atomic E-state index is 13.4. The van der Waals surface area contributed by atoms with Crippen LogP contribution in [0.25, 0.3) is 11.1 Å². The number of nitrogens with zero attached hydrogens (tertiary/aromatic N) is 4. The first-order chi connectivity index (χ1) is 18.7. The van der Waals surface area contributed by atoms with Gasteiger partial charge >= 0.3 is 5.25 Å². The van der Waals surface area contributed by atoms with Crippen LogP contribution in [-0.2, 0) is 0 Å². The van der Waals surface area contributed by atoms with E-state index >= 15 is 0 Å². The molecule has 0 spiro atoms. The van der Waals surface area contributed by atoms with Crippen molar-refractivity contribution < 1.29 is 4.79 Å². The number of halogens is 5. The van der Waals surface area contributed by atoms with Gasteiger partial charge in [-0.2, -0.15) is 9.98 Å². The van der Waals surface area contributed by atoms with Gasteiger partial charge in [0.25, 0.3) is 5.91 Å². The molecule has 4 aromatic rings. The highest BCUT2D eigenvalue weighted by Crippen LogP contribution is 2.39. The number of nitrogens with one attached hydrogen (secondary N) is 2. The van der Waals surface area contributed by atoms with E-state index in [1.807, 2.05) is 36.4 Å². The van der Waals surface area contributed by atoms with Gasteiger partial charge in [-0.1, -0.05) is 77.3 Å². The Hall–Kier alpha value is -3.33. The van der Waals surface area contributed by atoms with E-state index in [9.17, 15) is 4.79 Å². The molecule has 1 atom stereocenters. The summed E-state index contributed by atoms with van der Waals surface area (Å²) in [6, 6.07) is 24.8. The molecule has 0 fully saturated rings. The molecule has 3 aromatic carbocycles. The Kier molecular flexibility index (Phi) is 7.98. The molecule has 7 nitrogen and oxygen atoms in total. The molecule has 39 heavy (non-hydrogen) atoms. The van der Waals surface area contributed by atoms with Crippen molar-refractivity contribution in [2.45, 2.75) is 5.25 Å². The Morgan fingerprint density at radius 2 is 1.56 bits per heavy atom. The SMILES string of the molecule is O=C(NC1(Cl)N=C(Cl)N=C(Nc2ccccc2Cl)N1c1ccccc1-c1ccc(Cl)cc1)c1cccnc1Cl. The zero-order valence-corrected chi connectivity index (χ0v) is 23.5. The number of para-hydroxylation sites is 2. The minimum atomic E-state index is -1.98. The lowest BCUT2D eigenvalue weighted by Crippen LogP contribution is -2.61. The number of pyridine rings is 1. The zero-order valence-electron chi connectivity index (χ0n) is 19.7. The second kappa shape index (κ2) is 11.4. The van der Waals surface area contributed by atoms with Gasteiger partial charge in [0.05, 0.1) is 22.0 Å². The van der Waals surface area contributed by atoms with Crippen LogP contribution in [0.15, 0.2) is 101 Å². The summed E-state index contributed by atoms with van der Waals surface area (Å²) in [7, 11) is 0. The normalized spacial score (nSPS) is 16.8. The predicted molar refractivity (Wildman–Crippen MR) is 160 cm³/mol. The van der Waals surface area contributed by atoms with Gasteiger partial charge in [-0.05, 0) is 71.2 Å². The first-order valence-electron chi connectivity index (χ1n) is 11.4. The number of carbonyl (C=O) groups excluding carboxylic acids is 1. The van der Waals surface area contributed by atoms with Crippen molar-refractivity contribution in [3.8, 4) is 11.1 Å². The van der Waals surface area contributed by atoms with Crippen LogP contribution in [0, 0.1) is 0 Å². The van der Waals surface area contributed by atoms with Gasteiger partial charge in [0.2, 0.25) is 11.3 Å². The molecular formula is C27H17Cl5N6O. The number of aromatic nitrogens is 1. The van der Waals surface area contributed by atoms with Gasteiger partial charge in [0, 0.05) is 16.8 Å². The summed E-state index contributed by atoms with van der Waals surface area (Å²) in [5, 5.41) is 4.72. The van der Waals surface area contributed by atoms with Crippen LogP contribution in [0.3, 0.4) is 0 Å². The lowest BCUT2D eigenvalue weighted by molar-refractivity contribution is 0.0930. The number of anilines is 2. The number of rotatable bonds is 5. The average molecular weight is 619 g/mol. The van der Waals surface area contributed by atoms with Crippen LogP contribution in [-0.4, -0.2) is 27.4 Å². The van der Waals surface area contributed by atoms with Crippen LogP contribution in [0.1, 0.15) is 10.4 Å². The number of benzene rings is 3. The monoisotopic (exact) mass is 616 g/mol. The van der Waals surface area contributed by atoms with Gasteiger partial charge in [-0.25, -0.2) is 4.98 Å². The van der Waals surface area contributed by atoms with E-state index < -0.39 is 11.2 Å². The summed E-state index contributed by atoms with van der Waals surface area (Å²) in [4.78, 5) is 27.6. The molecular weight excluding hydrogens is 602 g/mol. The topological polar surface area (TPSA) is 82.0 Å². The molecule has 1 aliphatic rings. The van der Waals surface area contributed by atoms with E-state index in [0.29, 0.717) is 21.4 Å². The number of hydrogen-bond acceptors (Lipinski definition) is 6. The number of amidine groups is 1. The molecule has 12 heteroatoms. The highest BCUT2D eigenvalue weighted by atomic mass is 35.5. The molecule has 0 saturated heterocycles. The lowest BCUT2D eigenvalue weighted by atomic mass is 10.0. The Labute approximate surface area is 249 Å². The first kappa shape index (κ1) is 27.2. The van der Waals surface area contributed by atoms with Gasteiger partial charge in [0.1, 0.15) is 5.15 Å². The van der Waals surface area contributed by atoms with Gasteiger partial charge in [-0.15, -0.1) is 0 Å². The van der Waals surface area contributed by atoms with E-state index in [1.165, 1.54) is 17.2 Å². The van der Waals surface area contributed by atoms with Crippen LogP contribution in [0.2, 0.25) is 15.2 Å². The minimum absolute atomic E-state index is 0.00245. The summed E-state index contributed by atoms with van der Waals surface area (Å²) < 4.78 is 0. The van der Waals surface area contributed by atoms with Crippen molar-refractivity contribution in [1.29, 1.82) is 0 Å². The Bertz CT molecular complexity index is 1610. The fourth-order valence-corrected chi connectivity index (χ4v) is 5.01. The lowest BCUT2D eigenvalue weighted by Gasteiger charge is -2.41. The minimum Gasteiger partial charge on any atom is -0.324 e. The first-order valence-corrected chi connectivity index (χ1v) is 13.3. The molecule has 1 aromatic heterocycles. The van der Waals surface area contributed by atoms with E-state index in [0.717, 1.165) is 11.1 Å². The van der Waals surface area contributed by atoms with Gasteiger partial charge < -0.3 is 5.32 Å². The molecule has 1 aliphatic heterocycles. The Balaban J connectivity index is 1.66. The van der Waals surface area contributed by atoms with Crippen molar-refractivity contribution in [1.82, 2.24) is 10.3 Å². The zero-order chi connectivity index (χ0) is 27.6. The highest BCUT2D eigenvalue weighted by Gasteiger charge is 2.44. The summed E-state index contributed by atoms with van der Waals surface area (Å²) in [5.41, 5.74) is 2.74. The van der Waals surface area contributed by atoms with Gasteiger partial charge in [-0.3, -0.25) is 15.0 Å². The van der Waals surface area contributed by atoms with Crippen LogP contribution < -0.4 is 15.5 Å². The van der Waals surface area contributed by atoms with Crippen molar-refractivity contribution in [3.05, 3.63) is 112 Å². The number of hydrogen-bond donors (Lipinski definition) is 2. The highest BCUT2D eigenvalue weighted by molar-refractivity contribution is 6.66. The number of alkyl halides is 1. The van der Waals surface area contributed by atoms with Crippen molar-refractivity contribution >= 4 is 86.5 Å². The second-order valence-electron chi connectivity index (χ2n) is 8.16. The fraction of sp³-hybridized carbons (Fsp3) is 0.0370. The third-order valence-electron chi connectivity index (χ3n) is 5.64. The molecule has 0 aliphatic carbocycles. The maximum Gasteiger partial charge on any atom is 0.300 e. The third kappa shape index (κ3) is 5.83. The summed E-state index contributed by atoms with van der Waals surface area (Å²) in [6.07, 6.45) is 1.47. The molecule has 196 valence electrons. The summed E-state index contributed by atoms with van der Waals surface area (Å²) >= 11 is 32.3. The number of carbonyl (C=O) groups is 1. The molecule has 2 N–H and O–H groups in total. The van der Waals surface area contributed by atoms with Crippen molar-refractivity contribution in [2.75, 3.05) is 10.2 Å². The largest absolute Gasteiger partial charge is 0.324 e. The molecule has 0 saturated carbocycles. The molecule has 1 unspecified atom stereocenters. The van der Waals surface area contributed by atoms with E-state index in [4.69, 9.17) is 58.0 Å². The van der Waals surface area contributed by atoms with Crippen LogP contribution in [0.4, 0.5) is 11.4 Å².